The van der Waals surface area contributed by atoms with Crippen LogP contribution in [0.1, 0.15) is 54.3 Å². The first-order chi connectivity index (χ1) is 10.2. The molecule has 0 amide bonds. The predicted octanol–water partition coefficient (Wildman–Crippen LogP) is 5.30. The maximum Gasteiger partial charge on any atom is 0.172 e. The number of carbonyl (C=O) groups is 1. The average Bonchev–Trinajstić information content (AvgIpc) is 3.05. The van der Waals surface area contributed by atoms with Gasteiger partial charge in [0.25, 0.3) is 0 Å². The lowest BCUT2D eigenvalue weighted by molar-refractivity contribution is 0.0977. The van der Waals surface area contributed by atoms with Crippen LogP contribution in [-0.4, -0.2) is 12.4 Å². The number of benzene rings is 1. The SMILES string of the molecule is CCC(C)c1ccc(OCCCC(=O)c2cccs2)cc1. The summed E-state index contributed by atoms with van der Waals surface area (Å²) < 4.78 is 5.69. The van der Waals surface area contributed by atoms with Crippen molar-refractivity contribution in [2.24, 2.45) is 0 Å². The Kier molecular flexibility index (Phi) is 6.00. The molecule has 0 saturated carbocycles. The summed E-state index contributed by atoms with van der Waals surface area (Å²) >= 11 is 1.50. The van der Waals surface area contributed by atoms with Gasteiger partial charge in [0.05, 0.1) is 11.5 Å². The highest BCUT2D eigenvalue weighted by Gasteiger charge is 2.06. The lowest BCUT2D eigenvalue weighted by Gasteiger charge is -2.10. The minimum Gasteiger partial charge on any atom is -0.494 e. The molecule has 0 N–H and O–H groups in total. The molecule has 0 aliphatic carbocycles. The summed E-state index contributed by atoms with van der Waals surface area (Å²) in [6.45, 7) is 5.01. The minimum atomic E-state index is 0.209. The van der Waals surface area contributed by atoms with Gasteiger partial charge >= 0.3 is 0 Å². The molecule has 0 fully saturated rings. The van der Waals surface area contributed by atoms with E-state index < -0.39 is 0 Å². The van der Waals surface area contributed by atoms with Gasteiger partial charge in [-0.1, -0.05) is 32.0 Å². The summed E-state index contributed by atoms with van der Waals surface area (Å²) in [6, 6.07) is 12.1. The number of ether oxygens (including phenoxy) is 1. The largest absolute Gasteiger partial charge is 0.494 e. The third-order valence-corrected chi connectivity index (χ3v) is 4.59. The molecule has 21 heavy (non-hydrogen) atoms. The number of thiophene rings is 1. The minimum absolute atomic E-state index is 0.209. The van der Waals surface area contributed by atoms with Crippen LogP contribution >= 0.6 is 11.3 Å². The molecular weight excluding hydrogens is 280 g/mol. The Morgan fingerprint density at radius 3 is 2.62 bits per heavy atom. The van der Waals surface area contributed by atoms with Crippen LogP contribution in [0.5, 0.6) is 5.75 Å². The number of hydrogen-bond donors (Lipinski definition) is 0. The Balaban J connectivity index is 1.72. The molecule has 1 unspecified atom stereocenters. The molecule has 1 aromatic heterocycles. The van der Waals surface area contributed by atoms with Gasteiger partial charge in [0.2, 0.25) is 0 Å². The van der Waals surface area contributed by atoms with Crippen LogP contribution in [0.15, 0.2) is 41.8 Å². The smallest absolute Gasteiger partial charge is 0.172 e. The number of rotatable bonds is 8. The number of ketones is 1. The van der Waals surface area contributed by atoms with Crippen LogP contribution in [0.4, 0.5) is 0 Å². The molecule has 0 saturated heterocycles. The highest BCUT2D eigenvalue weighted by Crippen LogP contribution is 2.21. The molecule has 1 heterocycles. The molecule has 112 valence electrons. The van der Waals surface area contributed by atoms with Gasteiger partial charge in [0.15, 0.2) is 5.78 Å². The molecule has 2 rings (SSSR count). The van der Waals surface area contributed by atoms with E-state index in [0.29, 0.717) is 18.9 Å². The molecule has 0 aliphatic heterocycles. The summed E-state index contributed by atoms with van der Waals surface area (Å²) in [6.07, 6.45) is 2.44. The lowest BCUT2D eigenvalue weighted by atomic mass is 9.99. The Bertz CT molecular complexity index is 543. The van der Waals surface area contributed by atoms with Crippen molar-refractivity contribution in [1.29, 1.82) is 0 Å². The van der Waals surface area contributed by atoms with E-state index in [1.165, 1.54) is 16.9 Å². The van der Waals surface area contributed by atoms with Gasteiger partial charge in [-0.15, -0.1) is 11.3 Å². The van der Waals surface area contributed by atoms with Crippen molar-refractivity contribution >= 4 is 17.1 Å². The third kappa shape index (κ3) is 4.71. The standard InChI is InChI=1S/C18H22O2S/c1-3-14(2)15-8-10-16(11-9-15)20-12-4-6-17(19)18-7-5-13-21-18/h5,7-11,13-14H,3-4,6,12H2,1-2H3. The second kappa shape index (κ2) is 7.99. The summed E-state index contributed by atoms with van der Waals surface area (Å²) in [4.78, 5) is 12.7. The molecule has 3 heteroatoms. The Labute approximate surface area is 130 Å². The number of hydrogen-bond acceptors (Lipinski definition) is 3. The van der Waals surface area contributed by atoms with Crippen molar-refractivity contribution in [2.45, 2.75) is 39.0 Å². The maximum atomic E-state index is 11.8. The summed E-state index contributed by atoms with van der Waals surface area (Å²) in [7, 11) is 0. The molecule has 0 spiro atoms. The van der Waals surface area contributed by atoms with E-state index in [0.717, 1.165) is 23.5 Å². The highest BCUT2D eigenvalue weighted by atomic mass is 32.1. The summed E-state index contributed by atoms with van der Waals surface area (Å²) in [5.74, 6) is 1.67. The van der Waals surface area contributed by atoms with E-state index in [1.54, 1.807) is 0 Å². The monoisotopic (exact) mass is 302 g/mol. The number of carbonyl (C=O) groups excluding carboxylic acids is 1. The van der Waals surface area contributed by atoms with E-state index in [-0.39, 0.29) is 5.78 Å². The van der Waals surface area contributed by atoms with Gasteiger partial charge < -0.3 is 4.74 Å². The van der Waals surface area contributed by atoms with E-state index in [9.17, 15) is 4.79 Å². The van der Waals surface area contributed by atoms with Crippen molar-refractivity contribution in [2.75, 3.05) is 6.61 Å². The predicted molar refractivity (Wildman–Crippen MR) is 88.5 cm³/mol. The molecule has 0 bridgehead atoms. The molecule has 1 aromatic carbocycles. The Morgan fingerprint density at radius 2 is 2.00 bits per heavy atom. The zero-order chi connectivity index (χ0) is 15.1. The second-order valence-corrected chi connectivity index (χ2v) is 6.18. The van der Waals surface area contributed by atoms with Crippen LogP contribution < -0.4 is 4.74 Å². The van der Waals surface area contributed by atoms with Crippen LogP contribution in [0.2, 0.25) is 0 Å². The molecule has 0 radical (unpaired) electrons. The first-order valence-corrected chi connectivity index (χ1v) is 8.38. The molecule has 0 aliphatic rings. The average molecular weight is 302 g/mol. The quantitative estimate of drug-likeness (QED) is 0.488. The fraction of sp³-hybridized carbons (Fsp3) is 0.389. The van der Waals surface area contributed by atoms with Crippen molar-refractivity contribution in [3.05, 3.63) is 52.2 Å². The maximum absolute atomic E-state index is 11.8. The number of Topliss-reactive ketones (excluding diaryl/α,β-unsaturated/α-hetero) is 1. The van der Waals surface area contributed by atoms with Gasteiger partial charge in [0.1, 0.15) is 5.75 Å². The van der Waals surface area contributed by atoms with Crippen LogP contribution in [-0.2, 0) is 0 Å². The van der Waals surface area contributed by atoms with Crippen molar-refractivity contribution in [3.8, 4) is 5.75 Å². The fourth-order valence-corrected chi connectivity index (χ4v) is 2.81. The van der Waals surface area contributed by atoms with Crippen LogP contribution in [0.3, 0.4) is 0 Å². The zero-order valence-corrected chi connectivity index (χ0v) is 13.5. The molecule has 1 atom stereocenters. The first kappa shape index (κ1) is 15.8. The zero-order valence-electron chi connectivity index (χ0n) is 12.7. The van der Waals surface area contributed by atoms with E-state index in [2.05, 4.69) is 26.0 Å². The van der Waals surface area contributed by atoms with Gasteiger partial charge in [-0.25, -0.2) is 0 Å². The van der Waals surface area contributed by atoms with Crippen molar-refractivity contribution < 1.29 is 9.53 Å². The molecule has 2 nitrogen and oxygen atoms in total. The highest BCUT2D eigenvalue weighted by molar-refractivity contribution is 7.12. The van der Waals surface area contributed by atoms with Crippen LogP contribution in [0.25, 0.3) is 0 Å². The van der Waals surface area contributed by atoms with Crippen molar-refractivity contribution in [1.82, 2.24) is 0 Å². The lowest BCUT2D eigenvalue weighted by Crippen LogP contribution is -2.02. The fourth-order valence-electron chi connectivity index (χ4n) is 2.11. The van der Waals surface area contributed by atoms with Gasteiger partial charge in [-0.05, 0) is 47.9 Å². The summed E-state index contributed by atoms with van der Waals surface area (Å²) in [5.41, 5.74) is 1.35. The van der Waals surface area contributed by atoms with Gasteiger partial charge in [0, 0.05) is 6.42 Å². The molecular formula is C18H22O2S. The normalized spacial score (nSPS) is 12.1. The second-order valence-electron chi connectivity index (χ2n) is 5.23. The van der Waals surface area contributed by atoms with E-state index in [1.807, 2.05) is 29.6 Å². The topological polar surface area (TPSA) is 26.3 Å². The van der Waals surface area contributed by atoms with E-state index in [4.69, 9.17) is 4.74 Å². The van der Waals surface area contributed by atoms with Gasteiger partial charge in [-0.2, -0.15) is 0 Å². The summed E-state index contributed by atoms with van der Waals surface area (Å²) in [5, 5.41) is 1.93. The first-order valence-electron chi connectivity index (χ1n) is 7.50. The van der Waals surface area contributed by atoms with Crippen LogP contribution in [0, 0.1) is 0 Å². The Morgan fingerprint density at radius 1 is 1.24 bits per heavy atom. The van der Waals surface area contributed by atoms with Gasteiger partial charge in [-0.3, -0.25) is 4.79 Å². The Hall–Kier alpha value is -1.61. The van der Waals surface area contributed by atoms with Crippen molar-refractivity contribution in [3.63, 3.8) is 0 Å². The third-order valence-electron chi connectivity index (χ3n) is 3.67. The molecule has 2 aromatic rings. The van der Waals surface area contributed by atoms with E-state index >= 15 is 0 Å².